The van der Waals surface area contributed by atoms with Crippen LogP contribution in [0.3, 0.4) is 0 Å². The Labute approximate surface area is 95.6 Å². The molecule has 0 heterocycles. The molecule has 5 heteroatoms. The van der Waals surface area contributed by atoms with Crippen molar-refractivity contribution in [2.45, 2.75) is 20.5 Å². The van der Waals surface area contributed by atoms with Crippen LogP contribution in [0.2, 0.25) is 0 Å². The van der Waals surface area contributed by atoms with Gasteiger partial charge in [0.1, 0.15) is 0 Å². The fraction of sp³-hybridized carbons (Fsp3) is 0.364. The standard InChI is InChI=1S/C11H13NO3S/c1-8-4-10(6-12)5-9(2)11(8)7-15-16(3,13)14/h4-5H,7H2,1-3H3. The molecule has 86 valence electrons. The Balaban J connectivity index is 3.03. The van der Waals surface area contributed by atoms with Gasteiger partial charge in [-0.3, -0.25) is 4.18 Å². The Morgan fingerprint density at radius 2 is 1.81 bits per heavy atom. The zero-order valence-electron chi connectivity index (χ0n) is 9.44. The number of nitriles is 1. The van der Waals surface area contributed by atoms with E-state index in [0.29, 0.717) is 5.56 Å². The molecule has 0 aromatic heterocycles. The summed E-state index contributed by atoms with van der Waals surface area (Å²) in [5.41, 5.74) is 3.10. The maximum Gasteiger partial charge on any atom is 0.264 e. The summed E-state index contributed by atoms with van der Waals surface area (Å²) >= 11 is 0. The second-order valence-electron chi connectivity index (χ2n) is 3.67. The quantitative estimate of drug-likeness (QED) is 0.752. The Kier molecular flexibility index (Phi) is 3.68. The van der Waals surface area contributed by atoms with Gasteiger partial charge in [-0.2, -0.15) is 13.7 Å². The van der Waals surface area contributed by atoms with Crippen LogP contribution in [0.4, 0.5) is 0 Å². The molecule has 0 saturated carbocycles. The summed E-state index contributed by atoms with van der Waals surface area (Å²) in [6.45, 7) is 3.67. The Morgan fingerprint density at radius 3 is 2.19 bits per heavy atom. The highest BCUT2D eigenvalue weighted by Gasteiger charge is 2.08. The first-order chi connectivity index (χ1) is 7.33. The van der Waals surface area contributed by atoms with Gasteiger partial charge in [-0.05, 0) is 42.7 Å². The Morgan fingerprint density at radius 1 is 1.31 bits per heavy atom. The lowest BCUT2D eigenvalue weighted by Gasteiger charge is -2.09. The fourth-order valence-corrected chi connectivity index (χ4v) is 1.78. The predicted octanol–water partition coefficient (Wildman–Crippen LogP) is 1.65. The second kappa shape index (κ2) is 4.64. The Bertz CT molecular complexity index is 518. The summed E-state index contributed by atoms with van der Waals surface area (Å²) in [7, 11) is -3.44. The molecule has 0 aliphatic carbocycles. The molecule has 0 aliphatic rings. The minimum atomic E-state index is -3.44. The molecule has 0 bridgehead atoms. The number of aryl methyl sites for hydroxylation is 2. The van der Waals surface area contributed by atoms with E-state index in [2.05, 4.69) is 0 Å². The lowest BCUT2D eigenvalue weighted by Crippen LogP contribution is -2.05. The van der Waals surface area contributed by atoms with E-state index < -0.39 is 10.1 Å². The minimum absolute atomic E-state index is 0.0161. The first-order valence-electron chi connectivity index (χ1n) is 4.68. The third kappa shape index (κ3) is 3.33. The molecule has 0 aliphatic heterocycles. The van der Waals surface area contributed by atoms with Gasteiger partial charge in [-0.15, -0.1) is 0 Å². The summed E-state index contributed by atoms with van der Waals surface area (Å²) in [6.07, 6.45) is 1.02. The summed E-state index contributed by atoms with van der Waals surface area (Å²) < 4.78 is 26.5. The lowest BCUT2D eigenvalue weighted by molar-refractivity contribution is 0.310. The largest absolute Gasteiger partial charge is 0.265 e. The Hall–Kier alpha value is -1.38. The maximum absolute atomic E-state index is 10.9. The molecule has 4 nitrogen and oxygen atoms in total. The second-order valence-corrected chi connectivity index (χ2v) is 5.31. The normalized spacial score (nSPS) is 11.1. The fourth-order valence-electron chi connectivity index (χ4n) is 1.45. The van der Waals surface area contributed by atoms with Crippen molar-refractivity contribution in [2.24, 2.45) is 0 Å². The van der Waals surface area contributed by atoms with Crippen molar-refractivity contribution < 1.29 is 12.6 Å². The predicted molar refractivity (Wildman–Crippen MR) is 60.3 cm³/mol. The average molecular weight is 239 g/mol. The molecular formula is C11H13NO3S. The van der Waals surface area contributed by atoms with Crippen LogP contribution in [0, 0.1) is 25.2 Å². The van der Waals surface area contributed by atoms with E-state index in [1.807, 2.05) is 19.9 Å². The molecule has 0 N–H and O–H groups in total. The van der Waals surface area contributed by atoms with E-state index in [4.69, 9.17) is 9.44 Å². The van der Waals surface area contributed by atoms with Gasteiger partial charge in [0.25, 0.3) is 10.1 Å². The van der Waals surface area contributed by atoms with Gasteiger partial charge in [-0.1, -0.05) is 0 Å². The van der Waals surface area contributed by atoms with E-state index >= 15 is 0 Å². The first-order valence-corrected chi connectivity index (χ1v) is 6.50. The lowest BCUT2D eigenvalue weighted by atomic mass is 10.0. The average Bonchev–Trinajstić information content (AvgIpc) is 2.14. The monoisotopic (exact) mass is 239 g/mol. The molecule has 0 radical (unpaired) electrons. The van der Waals surface area contributed by atoms with Crippen LogP contribution in [-0.2, 0) is 20.9 Å². The molecule has 0 spiro atoms. The van der Waals surface area contributed by atoms with Crippen molar-refractivity contribution in [2.75, 3.05) is 6.26 Å². The van der Waals surface area contributed by atoms with Gasteiger partial charge < -0.3 is 0 Å². The van der Waals surface area contributed by atoms with Gasteiger partial charge >= 0.3 is 0 Å². The van der Waals surface area contributed by atoms with Crippen LogP contribution in [0.15, 0.2) is 12.1 Å². The van der Waals surface area contributed by atoms with Gasteiger partial charge in [0.2, 0.25) is 0 Å². The van der Waals surface area contributed by atoms with Crippen molar-refractivity contribution >= 4 is 10.1 Å². The van der Waals surface area contributed by atoms with Crippen molar-refractivity contribution in [1.29, 1.82) is 5.26 Å². The van der Waals surface area contributed by atoms with Crippen LogP contribution in [-0.4, -0.2) is 14.7 Å². The topological polar surface area (TPSA) is 67.2 Å². The van der Waals surface area contributed by atoms with Crippen LogP contribution in [0.1, 0.15) is 22.3 Å². The number of hydrogen-bond acceptors (Lipinski definition) is 4. The van der Waals surface area contributed by atoms with E-state index in [0.717, 1.165) is 22.9 Å². The van der Waals surface area contributed by atoms with E-state index in [1.165, 1.54) is 0 Å². The van der Waals surface area contributed by atoms with Crippen molar-refractivity contribution in [3.05, 3.63) is 34.4 Å². The number of rotatable bonds is 3. The third-order valence-electron chi connectivity index (χ3n) is 2.24. The molecule has 0 saturated heterocycles. The minimum Gasteiger partial charge on any atom is -0.265 e. The highest BCUT2D eigenvalue weighted by molar-refractivity contribution is 7.85. The molecule has 0 unspecified atom stereocenters. The summed E-state index contributed by atoms with van der Waals surface area (Å²) in [6, 6.07) is 5.48. The molecule has 0 amide bonds. The van der Waals surface area contributed by atoms with Gasteiger partial charge in [0.05, 0.1) is 24.5 Å². The van der Waals surface area contributed by atoms with Gasteiger partial charge in [0.15, 0.2) is 0 Å². The zero-order chi connectivity index (χ0) is 12.3. The van der Waals surface area contributed by atoms with Crippen molar-refractivity contribution in [3.63, 3.8) is 0 Å². The highest BCUT2D eigenvalue weighted by atomic mass is 32.2. The van der Waals surface area contributed by atoms with E-state index in [-0.39, 0.29) is 6.61 Å². The molecule has 0 atom stereocenters. The van der Waals surface area contributed by atoms with Crippen LogP contribution < -0.4 is 0 Å². The van der Waals surface area contributed by atoms with E-state index in [1.54, 1.807) is 12.1 Å². The van der Waals surface area contributed by atoms with Gasteiger partial charge in [0, 0.05) is 0 Å². The number of hydrogen-bond donors (Lipinski definition) is 0. The molecular weight excluding hydrogens is 226 g/mol. The third-order valence-corrected chi connectivity index (χ3v) is 2.79. The molecule has 1 rings (SSSR count). The first kappa shape index (κ1) is 12.7. The number of nitrogens with zero attached hydrogens (tertiary/aromatic N) is 1. The SMILES string of the molecule is Cc1cc(C#N)cc(C)c1COS(C)(=O)=O. The van der Waals surface area contributed by atoms with Crippen LogP contribution in [0.5, 0.6) is 0 Å². The van der Waals surface area contributed by atoms with Crippen molar-refractivity contribution in [1.82, 2.24) is 0 Å². The summed E-state index contributed by atoms with van der Waals surface area (Å²) in [4.78, 5) is 0. The van der Waals surface area contributed by atoms with Crippen LogP contribution in [0.25, 0.3) is 0 Å². The number of benzene rings is 1. The summed E-state index contributed by atoms with van der Waals surface area (Å²) in [5.74, 6) is 0. The highest BCUT2D eigenvalue weighted by Crippen LogP contribution is 2.17. The van der Waals surface area contributed by atoms with Crippen molar-refractivity contribution in [3.8, 4) is 6.07 Å². The maximum atomic E-state index is 10.9. The van der Waals surface area contributed by atoms with Gasteiger partial charge in [-0.25, -0.2) is 0 Å². The smallest absolute Gasteiger partial charge is 0.264 e. The van der Waals surface area contributed by atoms with E-state index in [9.17, 15) is 8.42 Å². The molecule has 1 aromatic rings. The van der Waals surface area contributed by atoms with Crippen LogP contribution >= 0.6 is 0 Å². The molecule has 16 heavy (non-hydrogen) atoms. The summed E-state index contributed by atoms with van der Waals surface area (Å²) in [5, 5.41) is 8.76. The zero-order valence-corrected chi connectivity index (χ0v) is 10.3. The molecule has 0 fully saturated rings. The molecule has 1 aromatic carbocycles.